The molecule has 1 aromatic carbocycles. The molecule has 0 radical (unpaired) electrons. The maximum absolute atomic E-state index is 11.6. The molecule has 2 amide bonds. The highest BCUT2D eigenvalue weighted by atomic mass is 16.2. The molecular formula is C12H11N3O2. The number of nitrogens with zero attached hydrogens (tertiary/aromatic N) is 2. The molecule has 2 N–H and O–H groups in total. The van der Waals surface area contributed by atoms with Crippen LogP contribution in [0.4, 0.5) is 5.69 Å². The number of primary amides is 1. The lowest BCUT2D eigenvalue weighted by molar-refractivity contribution is -0.117. The fraction of sp³-hybridized carbons (Fsp3) is 0.250. The van der Waals surface area contributed by atoms with E-state index in [9.17, 15) is 9.59 Å². The molecule has 1 unspecified atom stereocenters. The van der Waals surface area contributed by atoms with Gasteiger partial charge in [0.25, 0.3) is 0 Å². The van der Waals surface area contributed by atoms with Crippen LogP contribution in [0.5, 0.6) is 0 Å². The lowest BCUT2D eigenvalue weighted by Crippen LogP contribution is -2.24. The quantitative estimate of drug-likeness (QED) is 0.808. The lowest BCUT2D eigenvalue weighted by atomic mass is 10.1. The normalized spacial score (nSPS) is 19.1. The van der Waals surface area contributed by atoms with Gasteiger partial charge in [-0.25, -0.2) is 0 Å². The van der Waals surface area contributed by atoms with Crippen molar-refractivity contribution in [2.75, 3.05) is 11.4 Å². The highest BCUT2D eigenvalue weighted by Crippen LogP contribution is 2.24. The third-order valence-corrected chi connectivity index (χ3v) is 2.77. The summed E-state index contributed by atoms with van der Waals surface area (Å²) in [6.07, 6.45) is 0.258. The van der Waals surface area contributed by atoms with E-state index in [4.69, 9.17) is 11.0 Å². The highest BCUT2D eigenvalue weighted by Gasteiger charge is 2.30. The molecule has 0 aliphatic carbocycles. The number of nitriles is 1. The van der Waals surface area contributed by atoms with E-state index < -0.39 is 5.91 Å². The molecule has 0 saturated carbocycles. The largest absolute Gasteiger partial charge is 0.366 e. The van der Waals surface area contributed by atoms with E-state index in [2.05, 4.69) is 6.07 Å². The van der Waals surface area contributed by atoms with Crippen molar-refractivity contribution in [3.8, 4) is 6.07 Å². The molecule has 1 aliphatic heterocycles. The predicted molar refractivity (Wildman–Crippen MR) is 61.0 cm³/mol. The van der Waals surface area contributed by atoms with Gasteiger partial charge in [0.1, 0.15) is 0 Å². The Bertz CT molecular complexity index is 501. The predicted octanol–water partition coefficient (Wildman–Crippen LogP) is 0.662. The first-order chi connectivity index (χ1) is 8.11. The van der Waals surface area contributed by atoms with Crippen LogP contribution in [0.3, 0.4) is 0 Å². The van der Waals surface area contributed by atoms with Gasteiger partial charge in [-0.2, -0.15) is 5.26 Å². The van der Waals surface area contributed by atoms with Crippen molar-refractivity contribution in [2.45, 2.75) is 6.42 Å². The van der Waals surface area contributed by atoms with Crippen LogP contribution in [0.25, 0.3) is 0 Å². The SMILES string of the molecule is N#CC1CC(=O)N(c2ccc(C(N)=O)cc2)C1. The smallest absolute Gasteiger partial charge is 0.248 e. The van der Waals surface area contributed by atoms with Crippen molar-refractivity contribution in [2.24, 2.45) is 11.7 Å². The molecule has 1 saturated heterocycles. The molecule has 1 atom stereocenters. The van der Waals surface area contributed by atoms with E-state index in [1.165, 1.54) is 0 Å². The summed E-state index contributed by atoms with van der Waals surface area (Å²) < 4.78 is 0. The van der Waals surface area contributed by atoms with E-state index in [1.54, 1.807) is 29.2 Å². The summed E-state index contributed by atoms with van der Waals surface area (Å²) in [4.78, 5) is 24.1. The number of amides is 2. The van der Waals surface area contributed by atoms with Crippen LogP contribution in [0.15, 0.2) is 24.3 Å². The zero-order chi connectivity index (χ0) is 12.4. The second-order valence-corrected chi connectivity index (χ2v) is 3.95. The van der Waals surface area contributed by atoms with Gasteiger partial charge < -0.3 is 10.6 Å². The van der Waals surface area contributed by atoms with Crippen LogP contribution in [0.2, 0.25) is 0 Å². The first-order valence-corrected chi connectivity index (χ1v) is 5.21. The van der Waals surface area contributed by atoms with Gasteiger partial charge in [0.05, 0.1) is 12.0 Å². The van der Waals surface area contributed by atoms with Gasteiger partial charge in [-0.3, -0.25) is 9.59 Å². The summed E-state index contributed by atoms with van der Waals surface area (Å²) >= 11 is 0. The first kappa shape index (κ1) is 11.1. The molecule has 0 spiro atoms. The van der Waals surface area contributed by atoms with E-state index in [1.807, 2.05) is 0 Å². The Morgan fingerprint density at radius 3 is 2.53 bits per heavy atom. The van der Waals surface area contributed by atoms with Gasteiger partial charge in [0.2, 0.25) is 11.8 Å². The third kappa shape index (κ3) is 2.11. The van der Waals surface area contributed by atoms with Gasteiger partial charge in [-0.05, 0) is 24.3 Å². The number of carbonyl (C=O) groups excluding carboxylic acids is 2. The highest BCUT2D eigenvalue weighted by molar-refractivity contribution is 5.97. The Morgan fingerprint density at radius 2 is 2.06 bits per heavy atom. The summed E-state index contributed by atoms with van der Waals surface area (Å²) in [7, 11) is 0. The van der Waals surface area contributed by atoms with E-state index in [-0.39, 0.29) is 18.2 Å². The van der Waals surface area contributed by atoms with Crippen molar-refractivity contribution < 1.29 is 9.59 Å². The zero-order valence-corrected chi connectivity index (χ0v) is 9.09. The average molecular weight is 229 g/mol. The molecule has 86 valence electrons. The molecule has 2 rings (SSSR count). The molecule has 5 heteroatoms. The summed E-state index contributed by atoms with van der Waals surface area (Å²) in [6.45, 7) is 0.408. The summed E-state index contributed by atoms with van der Waals surface area (Å²) in [5.41, 5.74) is 6.22. The third-order valence-electron chi connectivity index (χ3n) is 2.77. The van der Waals surface area contributed by atoms with Crippen molar-refractivity contribution in [1.29, 1.82) is 5.26 Å². The maximum Gasteiger partial charge on any atom is 0.248 e. The Morgan fingerprint density at radius 1 is 1.41 bits per heavy atom. The standard InChI is InChI=1S/C12H11N3O2/c13-6-8-5-11(16)15(7-8)10-3-1-9(2-4-10)12(14)17/h1-4,8H,5,7H2,(H2,14,17). The minimum absolute atomic E-state index is 0.0663. The van der Waals surface area contributed by atoms with Crippen molar-refractivity contribution >= 4 is 17.5 Å². The monoisotopic (exact) mass is 229 g/mol. The molecule has 1 aromatic rings. The number of nitrogens with two attached hydrogens (primary N) is 1. The van der Waals surface area contributed by atoms with Crippen LogP contribution < -0.4 is 10.6 Å². The fourth-order valence-electron chi connectivity index (χ4n) is 1.85. The van der Waals surface area contributed by atoms with E-state index in [0.29, 0.717) is 17.8 Å². The van der Waals surface area contributed by atoms with E-state index >= 15 is 0 Å². The number of benzene rings is 1. The number of rotatable bonds is 2. The summed E-state index contributed by atoms with van der Waals surface area (Å²) in [5.74, 6) is -0.819. The first-order valence-electron chi connectivity index (χ1n) is 5.21. The minimum Gasteiger partial charge on any atom is -0.366 e. The van der Waals surface area contributed by atoms with Gasteiger partial charge in [-0.15, -0.1) is 0 Å². The molecule has 17 heavy (non-hydrogen) atoms. The zero-order valence-electron chi connectivity index (χ0n) is 9.09. The Labute approximate surface area is 98.4 Å². The minimum atomic E-state index is -0.501. The molecular weight excluding hydrogens is 218 g/mol. The van der Waals surface area contributed by atoms with Crippen LogP contribution in [-0.2, 0) is 4.79 Å². The lowest BCUT2D eigenvalue weighted by Gasteiger charge is -2.15. The molecule has 1 heterocycles. The van der Waals surface area contributed by atoms with Crippen LogP contribution in [0.1, 0.15) is 16.8 Å². The molecule has 0 aromatic heterocycles. The maximum atomic E-state index is 11.6. The topological polar surface area (TPSA) is 87.2 Å². The van der Waals surface area contributed by atoms with E-state index in [0.717, 1.165) is 0 Å². The van der Waals surface area contributed by atoms with Gasteiger partial charge in [-0.1, -0.05) is 0 Å². The van der Waals surface area contributed by atoms with Crippen molar-refractivity contribution in [1.82, 2.24) is 0 Å². The van der Waals surface area contributed by atoms with Crippen molar-refractivity contribution in [3.63, 3.8) is 0 Å². The average Bonchev–Trinajstić information content (AvgIpc) is 2.71. The Hall–Kier alpha value is -2.35. The summed E-state index contributed by atoms with van der Waals surface area (Å²) in [5, 5.41) is 8.78. The van der Waals surface area contributed by atoms with Crippen LogP contribution >= 0.6 is 0 Å². The van der Waals surface area contributed by atoms with Crippen molar-refractivity contribution in [3.05, 3.63) is 29.8 Å². The van der Waals surface area contributed by atoms with Gasteiger partial charge >= 0.3 is 0 Å². The second kappa shape index (κ2) is 4.26. The number of hydrogen-bond acceptors (Lipinski definition) is 3. The Kier molecular flexibility index (Phi) is 2.79. The van der Waals surface area contributed by atoms with Crippen LogP contribution in [-0.4, -0.2) is 18.4 Å². The summed E-state index contributed by atoms with van der Waals surface area (Å²) in [6, 6.07) is 8.56. The second-order valence-electron chi connectivity index (χ2n) is 3.95. The fourth-order valence-corrected chi connectivity index (χ4v) is 1.85. The molecule has 1 aliphatic rings. The van der Waals surface area contributed by atoms with Gasteiger partial charge in [0, 0.05) is 24.2 Å². The Balaban J connectivity index is 2.21. The van der Waals surface area contributed by atoms with Crippen LogP contribution in [0, 0.1) is 17.2 Å². The molecule has 5 nitrogen and oxygen atoms in total. The molecule has 1 fully saturated rings. The number of anilines is 1. The number of carbonyl (C=O) groups is 2. The molecule has 0 bridgehead atoms. The van der Waals surface area contributed by atoms with Gasteiger partial charge in [0.15, 0.2) is 0 Å². The number of hydrogen-bond donors (Lipinski definition) is 1.